The third kappa shape index (κ3) is 4.58. The Morgan fingerprint density at radius 1 is 1.04 bits per heavy atom. The van der Waals surface area contributed by atoms with Crippen LogP contribution in [0.2, 0.25) is 0 Å². The van der Waals surface area contributed by atoms with Crippen LogP contribution in [0.1, 0.15) is 13.3 Å². The first kappa shape index (κ1) is 22.4. The first-order chi connectivity index (χ1) is 12.8. The molecule has 0 saturated carbocycles. The summed E-state index contributed by atoms with van der Waals surface area (Å²) >= 11 is 0. The number of rotatable bonds is 7. The maximum absolute atomic E-state index is 11.1. The Morgan fingerprint density at radius 2 is 1.70 bits per heavy atom. The number of carboxylic acids is 1. The molecular weight excluding hydrogens is 368 g/mol. The Kier molecular flexibility index (Phi) is 7.92. The lowest BCUT2D eigenvalue weighted by molar-refractivity contribution is -0.351. The number of methoxy groups -OCH3 is 1. The highest BCUT2D eigenvalue weighted by Crippen LogP contribution is 2.30. The third-order valence-electron chi connectivity index (χ3n) is 5.11. The second kappa shape index (κ2) is 9.54. The van der Waals surface area contributed by atoms with Gasteiger partial charge in [-0.05, 0) is 6.42 Å². The molecule has 2 aliphatic heterocycles. The average molecular weight is 395 g/mol. The maximum Gasteiger partial charge on any atom is 0.186 e. The van der Waals surface area contributed by atoms with Crippen LogP contribution < -0.4 is 5.11 Å². The molecule has 5 N–H and O–H groups in total. The fourth-order valence-corrected chi connectivity index (χ4v) is 3.55. The molecule has 0 radical (unpaired) electrons. The number of carboxylic acid groups (broad SMARTS) is 1. The molecule has 0 aromatic rings. The largest absolute Gasteiger partial charge is 0.547 e. The Morgan fingerprint density at radius 3 is 2.22 bits per heavy atom. The van der Waals surface area contributed by atoms with E-state index < -0.39 is 67.0 Å². The van der Waals surface area contributed by atoms with Gasteiger partial charge in [0, 0.05) is 13.0 Å². The first-order valence-electron chi connectivity index (χ1n) is 8.76. The van der Waals surface area contributed by atoms with E-state index >= 15 is 0 Å². The van der Waals surface area contributed by atoms with Crippen molar-refractivity contribution in [3.05, 3.63) is 0 Å². The van der Waals surface area contributed by atoms with Crippen LogP contribution in [0.25, 0.3) is 0 Å². The van der Waals surface area contributed by atoms with E-state index in [4.69, 9.17) is 18.9 Å². The van der Waals surface area contributed by atoms with Crippen molar-refractivity contribution in [1.29, 1.82) is 0 Å². The fraction of sp³-hybridized carbons (Fsp3) is 0.938. The zero-order valence-corrected chi connectivity index (χ0v) is 15.1. The maximum atomic E-state index is 11.1. The van der Waals surface area contributed by atoms with E-state index in [9.17, 15) is 35.4 Å². The predicted molar refractivity (Wildman–Crippen MR) is 84.0 cm³/mol. The average Bonchev–Trinajstić information content (AvgIpc) is 2.64. The summed E-state index contributed by atoms with van der Waals surface area (Å²) < 4.78 is 20.8. The van der Waals surface area contributed by atoms with Gasteiger partial charge >= 0.3 is 0 Å². The van der Waals surface area contributed by atoms with Crippen LogP contribution >= 0.6 is 0 Å². The molecule has 2 saturated heterocycles. The summed E-state index contributed by atoms with van der Waals surface area (Å²) in [5.74, 6) is -2.18. The molecular formula is C16H27O11-. The number of aliphatic carboxylic acids is 1. The summed E-state index contributed by atoms with van der Waals surface area (Å²) in [6.07, 6.45) is -11.7. The number of aliphatic hydroxyl groups excluding tert-OH is 5. The second-order valence-electron chi connectivity index (χ2n) is 6.71. The van der Waals surface area contributed by atoms with Crippen LogP contribution in [0.15, 0.2) is 0 Å². The van der Waals surface area contributed by atoms with Crippen molar-refractivity contribution in [3.63, 3.8) is 0 Å². The van der Waals surface area contributed by atoms with Crippen LogP contribution in [0.4, 0.5) is 0 Å². The van der Waals surface area contributed by atoms with Crippen LogP contribution in [0, 0.1) is 5.92 Å². The summed E-state index contributed by atoms with van der Waals surface area (Å²) in [5.41, 5.74) is 0. The van der Waals surface area contributed by atoms with Crippen molar-refractivity contribution in [2.24, 2.45) is 5.92 Å². The van der Waals surface area contributed by atoms with Crippen LogP contribution in [-0.4, -0.2) is 107 Å². The van der Waals surface area contributed by atoms with E-state index in [1.165, 1.54) is 7.11 Å². The standard InChI is InChI=1S/C16H28O11/c1-3-6-7(4-17)26-8(10(19)9(6)18)5-25-13-11(20)14(15(22)23)27-16(24-2)12(13)21/h6-14,16-21H,3-5H2,1-2H3,(H,22,23)/p-1/t6-,7?,8+,9-,10?,11+,12?,13-,14?,16-/m1/s1. The quantitative estimate of drug-likeness (QED) is 0.282. The fourth-order valence-electron chi connectivity index (χ4n) is 3.55. The molecule has 4 unspecified atom stereocenters. The second-order valence-corrected chi connectivity index (χ2v) is 6.71. The van der Waals surface area contributed by atoms with E-state index in [1.807, 2.05) is 0 Å². The highest BCUT2D eigenvalue weighted by molar-refractivity contribution is 5.71. The third-order valence-corrected chi connectivity index (χ3v) is 5.11. The van der Waals surface area contributed by atoms with Gasteiger partial charge in [-0.15, -0.1) is 0 Å². The van der Waals surface area contributed by atoms with Crippen molar-refractivity contribution in [2.75, 3.05) is 20.3 Å². The molecule has 0 bridgehead atoms. The Bertz CT molecular complexity index is 487. The molecule has 2 rings (SSSR count). The van der Waals surface area contributed by atoms with Gasteiger partial charge < -0.3 is 54.4 Å². The number of carbonyl (C=O) groups excluding carboxylic acids is 1. The molecule has 2 fully saturated rings. The van der Waals surface area contributed by atoms with Gasteiger partial charge in [-0.25, -0.2) is 0 Å². The van der Waals surface area contributed by atoms with Gasteiger partial charge in [0.2, 0.25) is 0 Å². The Balaban J connectivity index is 2.07. The molecule has 11 heteroatoms. The van der Waals surface area contributed by atoms with Gasteiger partial charge in [0.1, 0.15) is 36.6 Å². The van der Waals surface area contributed by atoms with E-state index in [1.54, 1.807) is 6.92 Å². The minimum absolute atomic E-state index is 0.375. The van der Waals surface area contributed by atoms with Crippen molar-refractivity contribution in [2.45, 2.75) is 68.5 Å². The van der Waals surface area contributed by atoms with Gasteiger partial charge in [-0.1, -0.05) is 6.92 Å². The van der Waals surface area contributed by atoms with Crippen molar-refractivity contribution >= 4 is 5.97 Å². The number of aliphatic hydroxyl groups is 5. The minimum Gasteiger partial charge on any atom is -0.547 e. The molecule has 0 spiro atoms. The Labute approximate surface area is 156 Å². The Hall–Kier alpha value is -0.890. The normalized spacial score (nSPS) is 45.6. The SMILES string of the molecule is CC[C@@H]1C(CO)O[C@@H](CO[C@H]2C(O)[C@H](OC)OC(C(=O)[O-])[C@H]2O)C(O)[C@@H]1O. The summed E-state index contributed by atoms with van der Waals surface area (Å²) in [6, 6.07) is 0. The number of hydrogen-bond donors (Lipinski definition) is 5. The molecule has 0 amide bonds. The summed E-state index contributed by atoms with van der Waals surface area (Å²) in [7, 11) is 1.18. The summed E-state index contributed by atoms with van der Waals surface area (Å²) in [4.78, 5) is 11.1. The van der Waals surface area contributed by atoms with Crippen molar-refractivity contribution in [3.8, 4) is 0 Å². The number of hydrogen-bond acceptors (Lipinski definition) is 11. The minimum atomic E-state index is -1.79. The number of ether oxygens (including phenoxy) is 4. The first-order valence-corrected chi connectivity index (χ1v) is 8.76. The monoisotopic (exact) mass is 395 g/mol. The molecule has 2 heterocycles. The van der Waals surface area contributed by atoms with Crippen LogP contribution in [-0.2, 0) is 23.7 Å². The summed E-state index contributed by atoms with van der Waals surface area (Å²) in [6.45, 7) is 1.02. The smallest absolute Gasteiger partial charge is 0.186 e. The molecule has 0 aromatic heterocycles. The highest BCUT2D eigenvalue weighted by Gasteiger charge is 2.48. The van der Waals surface area contributed by atoms with E-state index in [2.05, 4.69) is 0 Å². The van der Waals surface area contributed by atoms with E-state index in [0.717, 1.165) is 0 Å². The molecule has 2 aliphatic rings. The molecule has 0 aromatic carbocycles. The highest BCUT2D eigenvalue weighted by atomic mass is 16.7. The van der Waals surface area contributed by atoms with Crippen molar-refractivity contribution in [1.82, 2.24) is 0 Å². The molecule has 0 aliphatic carbocycles. The van der Waals surface area contributed by atoms with Gasteiger partial charge in [0.15, 0.2) is 6.29 Å². The molecule has 11 nitrogen and oxygen atoms in total. The lowest BCUT2D eigenvalue weighted by atomic mass is 9.85. The lowest BCUT2D eigenvalue weighted by Crippen LogP contribution is -2.64. The van der Waals surface area contributed by atoms with Gasteiger partial charge in [0.25, 0.3) is 0 Å². The van der Waals surface area contributed by atoms with Gasteiger partial charge in [0.05, 0.1) is 31.4 Å². The van der Waals surface area contributed by atoms with E-state index in [0.29, 0.717) is 6.42 Å². The lowest BCUT2D eigenvalue weighted by Gasteiger charge is -2.45. The van der Waals surface area contributed by atoms with Gasteiger partial charge in [-0.2, -0.15) is 0 Å². The zero-order chi connectivity index (χ0) is 20.3. The summed E-state index contributed by atoms with van der Waals surface area (Å²) in [5, 5.41) is 61.3. The van der Waals surface area contributed by atoms with E-state index in [-0.39, 0.29) is 13.2 Å². The molecule has 10 atom stereocenters. The van der Waals surface area contributed by atoms with Crippen molar-refractivity contribution < 1.29 is 54.4 Å². The topological polar surface area (TPSA) is 178 Å². The van der Waals surface area contributed by atoms with Crippen LogP contribution in [0.5, 0.6) is 0 Å². The zero-order valence-electron chi connectivity index (χ0n) is 15.1. The molecule has 27 heavy (non-hydrogen) atoms. The predicted octanol–water partition coefficient (Wildman–Crippen LogP) is -4.28. The van der Waals surface area contributed by atoms with Gasteiger partial charge in [-0.3, -0.25) is 0 Å². The molecule has 158 valence electrons. The van der Waals surface area contributed by atoms with Crippen LogP contribution in [0.3, 0.4) is 0 Å². The number of carbonyl (C=O) groups is 1.